The van der Waals surface area contributed by atoms with Crippen LogP contribution >= 0.6 is 0 Å². The van der Waals surface area contributed by atoms with E-state index in [0.29, 0.717) is 5.57 Å². The van der Waals surface area contributed by atoms with Crippen molar-refractivity contribution in [3.63, 3.8) is 0 Å². The molecule has 3 heteroatoms. The van der Waals surface area contributed by atoms with Crippen molar-refractivity contribution in [1.29, 1.82) is 0 Å². The molecule has 1 N–H and O–H groups in total. The summed E-state index contributed by atoms with van der Waals surface area (Å²) in [6, 6.07) is 9.28. The third kappa shape index (κ3) is 2.30. The molecule has 3 nitrogen and oxygen atoms in total. The Labute approximate surface area is 105 Å². The molecule has 90 valence electrons. The van der Waals surface area contributed by atoms with Gasteiger partial charge in [0.2, 0.25) is 0 Å². The normalized spacial score (nSPS) is 15.4. The molecular weight excluding hydrogens is 228 g/mol. The lowest BCUT2D eigenvalue weighted by molar-refractivity contribution is -0.116. The number of carbonyl (C=O) groups excluding carboxylic acids is 2. The monoisotopic (exact) mass is 240 g/mol. The van der Waals surface area contributed by atoms with Crippen molar-refractivity contribution < 1.29 is 14.7 Å². The fourth-order valence-corrected chi connectivity index (χ4v) is 1.71. The average molecular weight is 240 g/mol. The first-order valence-electron chi connectivity index (χ1n) is 5.53. The minimum Gasteiger partial charge on any atom is -0.507 e. The van der Waals surface area contributed by atoms with Crippen LogP contribution in [0, 0.1) is 0 Å². The van der Waals surface area contributed by atoms with Crippen molar-refractivity contribution >= 4 is 17.6 Å². The van der Waals surface area contributed by atoms with Gasteiger partial charge in [0.1, 0.15) is 11.3 Å². The highest BCUT2D eigenvalue weighted by Crippen LogP contribution is 2.22. The van der Waals surface area contributed by atoms with Crippen LogP contribution in [0.1, 0.15) is 12.5 Å². The van der Waals surface area contributed by atoms with Gasteiger partial charge in [0.25, 0.3) is 0 Å². The number of aliphatic hydroxyl groups excluding tert-OH is 1. The maximum absolute atomic E-state index is 11.8. The Bertz CT molecular complexity index is 589. The molecule has 0 amide bonds. The van der Waals surface area contributed by atoms with Crippen LogP contribution in [0.15, 0.2) is 59.4 Å². The summed E-state index contributed by atoms with van der Waals surface area (Å²) in [4.78, 5) is 23.3. The molecule has 0 radical (unpaired) electrons. The maximum atomic E-state index is 11.8. The Hall–Kier alpha value is -2.42. The van der Waals surface area contributed by atoms with Gasteiger partial charge in [0.05, 0.1) is 0 Å². The summed E-state index contributed by atoms with van der Waals surface area (Å²) in [7, 11) is 0. The first kappa shape index (κ1) is 12.0. The molecule has 1 aliphatic rings. The number of carbonyl (C=O) groups is 2. The first-order valence-corrected chi connectivity index (χ1v) is 5.53. The topological polar surface area (TPSA) is 54.4 Å². The molecule has 0 aliphatic heterocycles. The fraction of sp³-hybridized carbons (Fsp3) is 0.0667. The standard InChI is InChI=1S/C15H12O3/c1-10-9-13(17)14(15(10)18)12(16)8-7-11-5-3-2-4-6-11/h2-9,18H,1H3. The molecule has 0 spiro atoms. The van der Waals surface area contributed by atoms with E-state index in [1.54, 1.807) is 13.0 Å². The van der Waals surface area contributed by atoms with Gasteiger partial charge in [-0.05, 0) is 30.2 Å². The van der Waals surface area contributed by atoms with Crippen molar-refractivity contribution in [3.05, 3.63) is 65.0 Å². The van der Waals surface area contributed by atoms with E-state index in [9.17, 15) is 14.7 Å². The Kier molecular flexibility index (Phi) is 3.24. The molecule has 2 rings (SSSR count). The molecule has 0 bridgehead atoms. The Morgan fingerprint density at radius 3 is 2.44 bits per heavy atom. The van der Waals surface area contributed by atoms with E-state index in [0.717, 1.165) is 5.56 Å². The number of rotatable bonds is 3. The van der Waals surface area contributed by atoms with Crippen molar-refractivity contribution in [1.82, 2.24) is 0 Å². The van der Waals surface area contributed by atoms with E-state index in [4.69, 9.17) is 0 Å². The van der Waals surface area contributed by atoms with Gasteiger partial charge in [-0.2, -0.15) is 0 Å². The highest BCUT2D eigenvalue weighted by molar-refractivity contribution is 6.30. The van der Waals surface area contributed by atoms with Crippen molar-refractivity contribution in [2.45, 2.75) is 6.92 Å². The second-order valence-electron chi connectivity index (χ2n) is 4.02. The molecule has 0 fully saturated rings. The van der Waals surface area contributed by atoms with Gasteiger partial charge in [0.15, 0.2) is 11.6 Å². The predicted octanol–water partition coefficient (Wildman–Crippen LogP) is 2.61. The highest BCUT2D eigenvalue weighted by Gasteiger charge is 2.26. The van der Waals surface area contributed by atoms with E-state index < -0.39 is 11.6 Å². The largest absolute Gasteiger partial charge is 0.507 e. The van der Waals surface area contributed by atoms with Gasteiger partial charge in [-0.3, -0.25) is 9.59 Å². The lowest BCUT2D eigenvalue weighted by Crippen LogP contribution is -2.07. The van der Waals surface area contributed by atoms with Crippen LogP contribution in [0.5, 0.6) is 0 Å². The molecular formula is C15H12O3. The number of ketones is 2. The predicted molar refractivity (Wildman–Crippen MR) is 68.9 cm³/mol. The Balaban J connectivity index is 2.20. The van der Waals surface area contributed by atoms with Gasteiger partial charge >= 0.3 is 0 Å². The highest BCUT2D eigenvalue weighted by atomic mass is 16.3. The smallest absolute Gasteiger partial charge is 0.193 e. The van der Waals surface area contributed by atoms with E-state index in [1.807, 2.05) is 30.3 Å². The van der Waals surface area contributed by atoms with Gasteiger partial charge < -0.3 is 5.11 Å². The molecule has 0 unspecified atom stereocenters. The molecule has 1 aromatic rings. The zero-order valence-corrected chi connectivity index (χ0v) is 9.88. The van der Waals surface area contributed by atoms with Gasteiger partial charge in [0, 0.05) is 0 Å². The van der Waals surface area contributed by atoms with E-state index in [1.165, 1.54) is 12.2 Å². The number of hydrogen-bond donors (Lipinski definition) is 1. The molecule has 0 atom stereocenters. The first-order chi connectivity index (χ1) is 8.59. The molecule has 0 aromatic heterocycles. The molecule has 0 saturated heterocycles. The van der Waals surface area contributed by atoms with Crippen LogP contribution in [0.25, 0.3) is 6.08 Å². The summed E-state index contributed by atoms with van der Waals surface area (Å²) in [5.41, 5.74) is 1.14. The summed E-state index contributed by atoms with van der Waals surface area (Å²) < 4.78 is 0. The zero-order valence-electron chi connectivity index (χ0n) is 9.88. The second kappa shape index (κ2) is 4.84. The van der Waals surface area contributed by atoms with Gasteiger partial charge in [-0.1, -0.05) is 36.4 Å². The van der Waals surface area contributed by atoms with Crippen LogP contribution in [-0.2, 0) is 9.59 Å². The summed E-state index contributed by atoms with van der Waals surface area (Å²) >= 11 is 0. The molecule has 1 aromatic carbocycles. The summed E-state index contributed by atoms with van der Waals surface area (Å²) in [5, 5.41) is 9.63. The second-order valence-corrected chi connectivity index (χ2v) is 4.02. The SMILES string of the molecule is CC1=CC(=O)C(C(=O)C=Cc2ccccc2)=C1O. The Morgan fingerprint density at radius 1 is 1.22 bits per heavy atom. The summed E-state index contributed by atoms with van der Waals surface area (Å²) in [5.74, 6) is -1.13. The van der Waals surface area contributed by atoms with Crippen molar-refractivity contribution in [2.24, 2.45) is 0 Å². The minimum absolute atomic E-state index is 0.153. The fourth-order valence-electron chi connectivity index (χ4n) is 1.71. The molecule has 1 aliphatic carbocycles. The van der Waals surface area contributed by atoms with E-state index in [-0.39, 0.29) is 11.3 Å². The van der Waals surface area contributed by atoms with Crippen LogP contribution in [0.2, 0.25) is 0 Å². The van der Waals surface area contributed by atoms with Crippen LogP contribution in [0.4, 0.5) is 0 Å². The number of aliphatic hydroxyl groups is 1. The number of hydrogen-bond acceptors (Lipinski definition) is 3. The van der Waals surface area contributed by atoms with Crippen LogP contribution in [-0.4, -0.2) is 16.7 Å². The number of benzene rings is 1. The lowest BCUT2D eigenvalue weighted by atomic mass is 10.1. The number of allylic oxidation sites excluding steroid dienone is 4. The summed E-state index contributed by atoms with van der Waals surface area (Å²) in [6.45, 7) is 1.59. The van der Waals surface area contributed by atoms with Crippen molar-refractivity contribution in [3.8, 4) is 0 Å². The van der Waals surface area contributed by atoms with Crippen molar-refractivity contribution in [2.75, 3.05) is 0 Å². The van der Waals surface area contributed by atoms with E-state index >= 15 is 0 Å². The molecule has 0 saturated carbocycles. The van der Waals surface area contributed by atoms with Crippen LogP contribution < -0.4 is 0 Å². The zero-order chi connectivity index (χ0) is 13.1. The molecule has 18 heavy (non-hydrogen) atoms. The summed E-state index contributed by atoms with van der Waals surface area (Å²) in [6.07, 6.45) is 4.17. The average Bonchev–Trinajstić information content (AvgIpc) is 2.62. The van der Waals surface area contributed by atoms with Crippen LogP contribution in [0.3, 0.4) is 0 Å². The Morgan fingerprint density at radius 2 is 1.89 bits per heavy atom. The maximum Gasteiger partial charge on any atom is 0.193 e. The minimum atomic E-state index is -0.477. The van der Waals surface area contributed by atoms with E-state index in [2.05, 4.69) is 0 Å². The quantitative estimate of drug-likeness (QED) is 0.652. The molecule has 0 heterocycles. The van der Waals surface area contributed by atoms with Gasteiger partial charge in [-0.25, -0.2) is 0 Å². The third-order valence-electron chi connectivity index (χ3n) is 2.68. The lowest BCUT2D eigenvalue weighted by Gasteiger charge is -1.97. The van der Waals surface area contributed by atoms with Gasteiger partial charge in [-0.15, -0.1) is 0 Å². The third-order valence-corrected chi connectivity index (χ3v) is 2.68.